The zero-order valence-corrected chi connectivity index (χ0v) is 17.5. The third-order valence-corrected chi connectivity index (χ3v) is 5.81. The average molecular weight is 453 g/mol. The van der Waals surface area contributed by atoms with Gasteiger partial charge in [0.1, 0.15) is 24.7 Å². The molecule has 4 atom stereocenters. The molecule has 13 heteroatoms. The molecule has 0 unspecified atom stereocenters. The molecule has 4 N–H and O–H groups in total. The zero-order valence-electron chi connectivity index (χ0n) is 16.7. The molecule has 2 saturated heterocycles. The van der Waals surface area contributed by atoms with Crippen molar-refractivity contribution < 1.29 is 33.8 Å². The molecule has 12 nitrogen and oxygen atoms in total. The molecule has 0 aliphatic carbocycles. The van der Waals surface area contributed by atoms with E-state index >= 15 is 0 Å². The Morgan fingerprint density at radius 3 is 2.74 bits per heavy atom. The van der Waals surface area contributed by atoms with Crippen molar-refractivity contribution in [2.24, 2.45) is 5.73 Å². The van der Waals surface area contributed by atoms with E-state index < -0.39 is 60.6 Å². The van der Waals surface area contributed by atoms with Gasteiger partial charge in [-0.15, -0.1) is 11.3 Å². The molecule has 0 saturated carbocycles. The number of carboxylic acid groups (broad SMARTS) is 1. The number of rotatable bonds is 7. The Labute approximate surface area is 181 Å². The van der Waals surface area contributed by atoms with E-state index in [1.165, 1.54) is 23.2 Å². The largest absolute Gasteiger partial charge is 0.480 e. The van der Waals surface area contributed by atoms with Crippen molar-refractivity contribution in [3.8, 4) is 0 Å². The highest BCUT2D eigenvalue weighted by Gasteiger charge is 2.45. The van der Waals surface area contributed by atoms with Crippen LogP contribution in [-0.4, -0.2) is 87.0 Å². The highest BCUT2D eigenvalue weighted by Crippen LogP contribution is 2.22. The van der Waals surface area contributed by atoms with Crippen LogP contribution in [0.15, 0.2) is 10.9 Å². The van der Waals surface area contributed by atoms with Gasteiger partial charge in [-0.25, -0.2) is 9.78 Å². The summed E-state index contributed by atoms with van der Waals surface area (Å²) in [6.45, 7) is 0.807. The summed E-state index contributed by atoms with van der Waals surface area (Å²) in [7, 11) is 0. The molecular formula is C18H23N5O7S. The second-order valence-electron chi connectivity index (χ2n) is 7.37. The number of carboxylic acids is 1. The summed E-state index contributed by atoms with van der Waals surface area (Å²) in [6.07, 6.45) is -0.752. The molecule has 1 aromatic rings. The van der Waals surface area contributed by atoms with Gasteiger partial charge in [-0.3, -0.25) is 24.1 Å². The van der Waals surface area contributed by atoms with Crippen LogP contribution in [0.2, 0.25) is 0 Å². The van der Waals surface area contributed by atoms with E-state index in [1.807, 2.05) is 0 Å². The summed E-state index contributed by atoms with van der Waals surface area (Å²) in [5.41, 5.74) is 8.30. The molecule has 0 bridgehead atoms. The number of ether oxygens (including phenoxy) is 1. The van der Waals surface area contributed by atoms with Gasteiger partial charge in [0, 0.05) is 18.3 Å². The van der Waals surface area contributed by atoms with Gasteiger partial charge < -0.3 is 25.8 Å². The van der Waals surface area contributed by atoms with E-state index in [9.17, 15) is 29.1 Å². The van der Waals surface area contributed by atoms with Crippen LogP contribution in [0.3, 0.4) is 0 Å². The number of amides is 4. The predicted molar refractivity (Wildman–Crippen MR) is 106 cm³/mol. The van der Waals surface area contributed by atoms with Crippen LogP contribution in [0, 0.1) is 0 Å². The summed E-state index contributed by atoms with van der Waals surface area (Å²) in [6, 6.07) is -3.15. The smallest absolute Gasteiger partial charge is 0.408 e. The minimum Gasteiger partial charge on any atom is -0.480 e. The molecule has 2 aliphatic heterocycles. The fraction of sp³-hybridized carbons (Fsp3) is 0.556. The number of hydrogen-bond acceptors (Lipinski definition) is 9. The number of nitrogens with zero attached hydrogens (tertiary/aromatic N) is 3. The Hall–Kier alpha value is -3.06. The molecule has 4 amide bonds. The predicted octanol–water partition coefficient (Wildman–Crippen LogP) is -1.06. The lowest BCUT2D eigenvalue weighted by Crippen LogP contribution is -2.58. The standard InChI is InChI=1S/C18H23N5O7S/c1-9-14(21-18(29)30-9)17(28)23(6-13(24)25)16(27)12-3-2-4-22(12)15(26)11(19)5-10-7-31-8-20-10/h7-9,11-12,14H,2-6,19H2,1H3,(H,21,29)(H,24,25)/t9-,11-,12-,14-/m0/s1. The number of imide groups is 1. The van der Waals surface area contributed by atoms with Gasteiger partial charge in [-0.2, -0.15) is 0 Å². The van der Waals surface area contributed by atoms with Crippen LogP contribution < -0.4 is 11.1 Å². The van der Waals surface area contributed by atoms with Crippen molar-refractivity contribution in [1.29, 1.82) is 0 Å². The maximum atomic E-state index is 13.2. The Balaban J connectivity index is 1.76. The summed E-state index contributed by atoms with van der Waals surface area (Å²) in [5, 5.41) is 13.3. The highest BCUT2D eigenvalue weighted by molar-refractivity contribution is 7.07. The minimum atomic E-state index is -1.41. The van der Waals surface area contributed by atoms with Crippen molar-refractivity contribution in [2.75, 3.05) is 13.1 Å². The molecule has 3 rings (SSSR count). The number of alkyl carbamates (subject to hydrolysis) is 1. The van der Waals surface area contributed by atoms with E-state index in [4.69, 9.17) is 10.5 Å². The minimum absolute atomic E-state index is 0.195. The number of hydrogen-bond donors (Lipinski definition) is 3. The summed E-state index contributed by atoms with van der Waals surface area (Å²) in [4.78, 5) is 67.6. The second kappa shape index (κ2) is 9.39. The van der Waals surface area contributed by atoms with E-state index in [-0.39, 0.29) is 19.4 Å². The van der Waals surface area contributed by atoms with Crippen molar-refractivity contribution in [3.05, 3.63) is 16.6 Å². The van der Waals surface area contributed by atoms with Gasteiger partial charge >= 0.3 is 12.1 Å². The molecular weight excluding hydrogens is 430 g/mol. The second-order valence-corrected chi connectivity index (χ2v) is 8.09. The van der Waals surface area contributed by atoms with E-state index in [1.54, 1.807) is 10.9 Å². The molecule has 1 aromatic heterocycles. The molecule has 0 spiro atoms. The molecule has 3 heterocycles. The van der Waals surface area contributed by atoms with Crippen LogP contribution in [0.1, 0.15) is 25.5 Å². The van der Waals surface area contributed by atoms with Crippen molar-refractivity contribution >= 4 is 41.1 Å². The lowest BCUT2D eigenvalue weighted by Gasteiger charge is -2.31. The SMILES string of the molecule is C[C@@H]1OC(=O)N[C@@H]1C(=O)N(CC(=O)O)C(=O)[C@@H]1CCCN1C(=O)[C@@H](N)Cc1cscn1. The number of thiazole rings is 1. The van der Waals surface area contributed by atoms with Gasteiger partial charge in [0.15, 0.2) is 0 Å². The number of likely N-dealkylation sites (tertiary alicyclic amines) is 1. The number of carbonyl (C=O) groups is 5. The van der Waals surface area contributed by atoms with E-state index in [2.05, 4.69) is 10.3 Å². The molecule has 2 aliphatic rings. The number of aliphatic carboxylic acids is 1. The first-order valence-corrected chi connectivity index (χ1v) is 10.6. The van der Waals surface area contributed by atoms with Gasteiger partial charge in [0.05, 0.1) is 17.2 Å². The van der Waals surface area contributed by atoms with Crippen molar-refractivity contribution in [3.63, 3.8) is 0 Å². The maximum absolute atomic E-state index is 13.2. The number of aromatic nitrogens is 1. The summed E-state index contributed by atoms with van der Waals surface area (Å²) < 4.78 is 4.85. The topological polar surface area (TPSA) is 172 Å². The first-order valence-electron chi connectivity index (χ1n) is 9.66. The van der Waals surface area contributed by atoms with Crippen molar-refractivity contribution in [2.45, 2.75) is 50.4 Å². The first kappa shape index (κ1) is 22.6. The lowest BCUT2D eigenvalue weighted by molar-refractivity contribution is -0.157. The molecule has 2 fully saturated rings. The maximum Gasteiger partial charge on any atom is 0.408 e. The third-order valence-electron chi connectivity index (χ3n) is 5.18. The molecule has 0 radical (unpaired) electrons. The third kappa shape index (κ3) is 4.99. The van der Waals surface area contributed by atoms with E-state index in [0.29, 0.717) is 17.0 Å². The lowest BCUT2D eigenvalue weighted by atomic mass is 10.1. The average Bonchev–Trinajstić information content (AvgIpc) is 3.45. The van der Waals surface area contributed by atoms with E-state index in [0.717, 1.165) is 0 Å². The molecule has 168 valence electrons. The number of carbonyl (C=O) groups excluding carboxylic acids is 4. The van der Waals surface area contributed by atoms with Crippen LogP contribution in [0.4, 0.5) is 4.79 Å². The van der Waals surface area contributed by atoms with Crippen LogP contribution in [-0.2, 0) is 30.3 Å². The van der Waals surface area contributed by atoms with Crippen LogP contribution >= 0.6 is 11.3 Å². The summed E-state index contributed by atoms with van der Waals surface area (Å²) in [5.74, 6) is -3.61. The molecule has 0 aromatic carbocycles. The number of nitrogens with one attached hydrogen (secondary N) is 1. The summed E-state index contributed by atoms with van der Waals surface area (Å²) >= 11 is 1.37. The van der Waals surface area contributed by atoms with Crippen LogP contribution in [0.25, 0.3) is 0 Å². The van der Waals surface area contributed by atoms with Gasteiger partial charge in [-0.1, -0.05) is 0 Å². The fourth-order valence-corrected chi connectivity index (χ4v) is 4.25. The van der Waals surface area contributed by atoms with Crippen LogP contribution in [0.5, 0.6) is 0 Å². The normalized spacial score (nSPS) is 23.7. The Kier molecular flexibility index (Phi) is 6.85. The zero-order chi connectivity index (χ0) is 22.7. The monoisotopic (exact) mass is 453 g/mol. The highest BCUT2D eigenvalue weighted by atomic mass is 32.1. The quantitative estimate of drug-likeness (QED) is 0.435. The number of cyclic esters (lactones) is 1. The van der Waals surface area contributed by atoms with Gasteiger partial charge in [-0.05, 0) is 19.8 Å². The Morgan fingerprint density at radius 2 is 2.16 bits per heavy atom. The molecule has 31 heavy (non-hydrogen) atoms. The number of nitrogens with two attached hydrogens (primary N) is 1. The Morgan fingerprint density at radius 1 is 1.42 bits per heavy atom. The first-order chi connectivity index (χ1) is 14.7. The van der Waals surface area contributed by atoms with Gasteiger partial charge in [0.25, 0.3) is 11.8 Å². The van der Waals surface area contributed by atoms with Crippen molar-refractivity contribution in [1.82, 2.24) is 20.1 Å². The van der Waals surface area contributed by atoms with Gasteiger partial charge in [0.2, 0.25) is 5.91 Å². The fourth-order valence-electron chi connectivity index (χ4n) is 3.68. The Bertz CT molecular complexity index is 877.